The van der Waals surface area contributed by atoms with Crippen LogP contribution in [0.4, 0.5) is 0 Å². The largest absolute Gasteiger partial charge is 0.398 e. The molecule has 0 heterocycles. The van der Waals surface area contributed by atoms with Crippen molar-refractivity contribution < 1.29 is 14.5 Å². The van der Waals surface area contributed by atoms with E-state index in [4.69, 9.17) is 9.68 Å². The number of carbonyl (C=O) groups excluding carboxylic acids is 1. The second kappa shape index (κ2) is 11.7. The van der Waals surface area contributed by atoms with Crippen molar-refractivity contribution in [1.82, 2.24) is 5.32 Å². The van der Waals surface area contributed by atoms with Gasteiger partial charge in [0, 0.05) is 22.7 Å². The van der Waals surface area contributed by atoms with Gasteiger partial charge in [-0.25, -0.2) is 0 Å². The van der Waals surface area contributed by atoms with Crippen LogP contribution in [0.25, 0.3) is 0 Å². The van der Waals surface area contributed by atoms with Crippen LogP contribution in [0, 0.1) is 11.8 Å². The Morgan fingerprint density at radius 2 is 1.83 bits per heavy atom. The van der Waals surface area contributed by atoms with Gasteiger partial charge >= 0.3 is 0 Å². The Kier molecular flexibility index (Phi) is 9.05. The molecule has 7 heteroatoms. The molecule has 0 saturated carbocycles. The number of hydrogen-bond donors (Lipinski definition) is 1. The minimum absolute atomic E-state index is 0.0268. The lowest BCUT2D eigenvalue weighted by Gasteiger charge is -2.13. The highest BCUT2D eigenvalue weighted by Gasteiger charge is 2.19. The lowest BCUT2D eigenvalue weighted by atomic mass is 10.0. The Morgan fingerprint density at radius 3 is 2.50 bits per heavy atom. The van der Waals surface area contributed by atoms with E-state index in [1.54, 1.807) is 13.0 Å². The molecule has 156 valence electrons. The van der Waals surface area contributed by atoms with Crippen LogP contribution < -0.4 is 10.6 Å². The van der Waals surface area contributed by atoms with Crippen molar-refractivity contribution in [3.63, 3.8) is 0 Å². The van der Waals surface area contributed by atoms with E-state index in [1.165, 1.54) is 7.11 Å². The second-order valence-corrected chi connectivity index (χ2v) is 7.40. The molecule has 2 aromatic rings. The summed E-state index contributed by atoms with van der Waals surface area (Å²) in [6, 6.07) is 15.1. The fourth-order valence-electron chi connectivity index (χ4n) is 2.46. The molecule has 0 aliphatic carbocycles. The van der Waals surface area contributed by atoms with Gasteiger partial charge < -0.3 is 15.0 Å². The van der Waals surface area contributed by atoms with E-state index in [0.29, 0.717) is 11.3 Å². The normalized spacial score (nSPS) is 11.5. The first-order valence-electron chi connectivity index (χ1n) is 9.45. The van der Waals surface area contributed by atoms with Gasteiger partial charge in [-0.15, -0.1) is 9.24 Å². The number of carbonyl (C=O) groups is 1. The maximum atomic E-state index is 12.5. The SMILES string of the molecule is CO/N=C(/C(=O)NC(C)C)c1ccccc1CO/N=C(\C)C#Cc1ccc(P)cc1. The Balaban J connectivity index is 2.12. The molecule has 30 heavy (non-hydrogen) atoms. The molecule has 1 amide bonds. The van der Waals surface area contributed by atoms with Crippen LogP contribution in [0.15, 0.2) is 58.8 Å². The molecule has 0 fully saturated rings. The van der Waals surface area contributed by atoms with Crippen LogP contribution in [0.1, 0.15) is 37.5 Å². The highest BCUT2D eigenvalue weighted by Crippen LogP contribution is 2.13. The van der Waals surface area contributed by atoms with Crippen LogP contribution in [0.5, 0.6) is 0 Å². The fourth-order valence-corrected chi connectivity index (χ4v) is 2.65. The quantitative estimate of drug-likeness (QED) is 0.322. The van der Waals surface area contributed by atoms with Gasteiger partial charge in [-0.3, -0.25) is 4.79 Å². The van der Waals surface area contributed by atoms with Gasteiger partial charge in [-0.05, 0) is 44.1 Å². The smallest absolute Gasteiger partial charge is 0.274 e. The summed E-state index contributed by atoms with van der Waals surface area (Å²) in [7, 11) is 4.04. The van der Waals surface area contributed by atoms with Gasteiger partial charge in [-0.2, -0.15) is 0 Å². The summed E-state index contributed by atoms with van der Waals surface area (Å²) in [5.41, 5.74) is 3.01. The van der Waals surface area contributed by atoms with E-state index < -0.39 is 0 Å². The lowest BCUT2D eigenvalue weighted by molar-refractivity contribution is -0.115. The lowest BCUT2D eigenvalue weighted by Crippen LogP contribution is -2.37. The second-order valence-electron chi connectivity index (χ2n) is 6.73. The van der Waals surface area contributed by atoms with E-state index in [2.05, 4.69) is 36.7 Å². The summed E-state index contributed by atoms with van der Waals surface area (Å²) in [6.07, 6.45) is 0. The molecule has 0 aliphatic heterocycles. The van der Waals surface area contributed by atoms with Crippen LogP contribution in [-0.4, -0.2) is 30.5 Å². The molecule has 1 unspecified atom stereocenters. The molecule has 0 saturated heterocycles. The first kappa shape index (κ1) is 23.1. The molecule has 2 rings (SSSR count). The molecular weight excluding hydrogens is 397 g/mol. The van der Waals surface area contributed by atoms with E-state index in [0.717, 1.165) is 16.4 Å². The van der Waals surface area contributed by atoms with Crippen LogP contribution in [0.2, 0.25) is 0 Å². The van der Waals surface area contributed by atoms with Crippen molar-refractivity contribution in [1.29, 1.82) is 0 Å². The van der Waals surface area contributed by atoms with Crippen molar-refractivity contribution in [3.05, 3.63) is 65.2 Å². The molecule has 0 aromatic heterocycles. The van der Waals surface area contributed by atoms with Crippen molar-refractivity contribution in [2.75, 3.05) is 7.11 Å². The summed E-state index contributed by atoms with van der Waals surface area (Å²) in [5, 5.41) is 11.9. The minimum Gasteiger partial charge on any atom is -0.398 e. The van der Waals surface area contributed by atoms with Crippen LogP contribution >= 0.6 is 9.24 Å². The third-order valence-electron chi connectivity index (χ3n) is 3.81. The predicted octanol–water partition coefficient (Wildman–Crippen LogP) is 3.01. The number of nitrogens with one attached hydrogen (secondary N) is 1. The molecule has 2 aromatic carbocycles. The number of oxime groups is 2. The Bertz CT molecular complexity index is 987. The predicted molar refractivity (Wildman–Crippen MR) is 124 cm³/mol. The van der Waals surface area contributed by atoms with Crippen molar-refractivity contribution in [2.45, 2.75) is 33.4 Å². The van der Waals surface area contributed by atoms with Gasteiger partial charge in [0.1, 0.15) is 19.4 Å². The van der Waals surface area contributed by atoms with E-state index in [9.17, 15) is 4.79 Å². The highest BCUT2D eigenvalue weighted by molar-refractivity contribution is 7.27. The van der Waals surface area contributed by atoms with E-state index >= 15 is 0 Å². The van der Waals surface area contributed by atoms with Gasteiger partial charge in [0.2, 0.25) is 0 Å². The summed E-state index contributed by atoms with van der Waals surface area (Å²) in [6.45, 7) is 5.70. The average Bonchev–Trinajstić information content (AvgIpc) is 2.71. The molecule has 6 nitrogen and oxygen atoms in total. The molecule has 1 N–H and O–H groups in total. The molecule has 0 radical (unpaired) electrons. The number of nitrogens with zero attached hydrogens (tertiary/aromatic N) is 2. The minimum atomic E-state index is -0.318. The van der Waals surface area contributed by atoms with E-state index in [1.807, 2.05) is 56.3 Å². The van der Waals surface area contributed by atoms with Crippen molar-refractivity contribution in [2.24, 2.45) is 10.3 Å². The Hall–Kier alpha value is -3.16. The molecule has 0 aliphatic rings. The van der Waals surface area contributed by atoms with Gasteiger partial charge in [0.25, 0.3) is 5.91 Å². The first-order chi connectivity index (χ1) is 14.4. The van der Waals surface area contributed by atoms with E-state index in [-0.39, 0.29) is 24.3 Å². The summed E-state index contributed by atoms with van der Waals surface area (Å²) in [4.78, 5) is 22.9. The zero-order valence-electron chi connectivity index (χ0n) is 17.6. The zero-order valence-corrected chi connectivity index (χ0v) is 18.8. The third kappa shape index (κ3) is 7.35. The van der Waals surface area contributed by atoms with Gasteiger partial charge in [0.15, 0.2) is 5.71 Å². The Morgan fingerprint density at radius 1 is 1.13 bits per heavy atom. The maximum absolute atomic E-state index is 12.5. The zero-order chi connectivity index (χ0) is 21.9. The van der Waals surface area contributed by atoms with Gasteiger partial charge in [-0.1, -0.05) is 52.6 Å². The number of rotatable bonds is 7. The highest BCUT2D eigenvalue weighted by atomic mass is 31.0. The topological polar surface area (TPSA) is 72.3 Å². The molecule has 0 bridgehead atoms. The standard InChI is InChI=1S/C23H26N3O3P/c1-16(2)24-23(27)22(26-28-4)21-8-6-5-7-19(21)15-29-25-17(3)9-10-18-11-13-20(30)14-12-18/h5-8,11-14,16H,15,30H2,1-4H3,(H,24,27)/b25-17+,26-22+. The average molecular weight is 423 g/mol. The van der Waals surface area contributed by atoms with Crippen LogP contribution in [0.3, 0.4) is 0 Å². The summed E-state index contributed by atoms with van der Waals surface area (Å²) >= 11 is 0. The monoisotopic (exact) mass is 423 g/mol. The van der Waals surface area contributed by atoms with Crippen molar-refractivity contribution >= 4 is 31.9 Å². The molecule has 0 spiro atoms. The molecule has 1 atom stereocenters. The number of hydrogen-bond acceptors (Lipinski definition) is 5. The van der Waals surface area contributed by atoms with Crippen LogP contribution in [-0.2, 0) is 21.1 Å². The summed E-state index contributed by atoms with van der Waals surface area (Å²) < 4.78 is 0. The maximum Gasteiger partial charge on any atom is 0.274 e. The summed E-state index contributed by atoms with van der Waals surface area (Å²) in [5.74, 6) is 5.69. The Labute approximate surface area is 179 Å². The fraction of sp³-hybridized carbons (Fsp3) is 0.261. The van der Waals surface area contributed by atoms with Crippen molar-refractivity contribution in [3.8, 4) is 11.8 Å². The number of benzene rings is 2. The van der Waals surface area contributed by atoms with Gasteiger partial charge in [0.05, 0.1) is 0 Å². The number of amides is 1. The third-order valence-corrected chi connectivity index (χ3v) is 4.19. The first-order valence-corrected chi connectivity index (χ1v) is 10.0. The molecular formula is C23H26N3O3P.